The summed E-state index contributed by atoms with van der Waals surface area (Å²) >= 11 is 0. The van der Waals surface area contributed by atoms with Gasteiger partial charge in [0.2, 0.25) is 5.91 Å². The van der Waals surface area contributed by atoms with E-state index >= 15 is 0 Å². The number of nitrogens with zero attached hydrogens (tertiary/aromatic N) is 1. The lowest BCUT2D eigenvalue weighted by Crippen LogP contribution is -2.45. The first-order chi connectivity index (χ1) is 40.5. The van der Waals surface area contributed by atoms with Gasteiger partial charge in [-0.05, 0) is 116 Å². The number of allylic oxidation sites excluding steroid dienone is 23. The molecule has 0 radical (unpaired) electrons. The molecule has 474 valence electrons. The van der Waals surface area contributed by atoms with Crippen LogP contribution in [0.25, 0.3) is 0 Å². The van der Waals surface area contributed by atoms with Gasteiger partial charge in [-0.1, -0.05) is 288 Å². The molecule has 0 heterocycles. The van der Waals surface area contributed by atoms with Crippen LogP contribution in [-0.4, -0.2) is 68.5 Å². The number of quaternary nitrogens is 1. The fourth-order valence-electron chi connectivity index (χ4n) is 9.06. The number of nitrogens with one attached hydrogen (secondary N) is 1. The molecule has 0 spiro atoms. The average molecular weight is 1170 g/mol. The van der Waals surface area contributed by atoms with Crippen molar-refractivity contribution in [2.24, 2.45) is 0 Å². The molecule has 0 aliphatic heterocycles. The monoisotopic (exact) mass is 1170 g/mol. The molecular formula is C74H127N2O6P. The summed E-state index contributed by atoms with van der Waals surface area (Å²) in [6.45, 7) is 4.49. The van der Waals surface area contributed by atoms with Gasteiger partial charge in [-0.25, -0.2) is 0 Å². The fraction of sp³-hybridized carbons (Fsp3) is 0.662. The minimum absolute atomic E-state index is 0.0213. The Morgan fingerprint density at radius 3 is 1.12 bits per heavy atom. The molecule has 0 aromatic rings. The largest absolute Gasteiger partial charge is 0.756 e. The second kappa shape index (κ2) is 62.9. The van der Waals surface area contributed by atoms with E-state index in [0.29, 0.717) is 17.4 Å². The zero-order valence-corrected chi connectivity index (χ0v) is 55.0. The van der Waals surface area contributed by atoms with Crippen molar-refractivity contribution < 1.29 is 32.9 Å². The van der Waals surface area contributed by atoms with Crippen LogP contribution in [0.5, 0.6) is 0 Å². The number of aliphatic hydroxyl groups is 1. The molecule has 0 aliphatic rings. The summed E-state index contributed by atoms with van der Waals surface area (Å²) in [7, 11) is 1.20. The number of hydrogen-bond acceptors (Lipinski definition) is 6. The summed E-state index contributed by atoms with van der Waals surface area (Å²) in [5.41, 5.74) is 0. The van der Waals surface area contributed by atoms with Crippen molar-refractivity contribution in [3.05, 3.63) is 146 Å². The number of carbonyl (C=O) groups excluding carboxylic acids is 1. The molecule has 0 aromatic heterocycles. The van der Waals surface area contributed by atoms with E-state index in [1.54, 1.807) is 6.08 Å². The Hall–Kier alpha value is -3.62. The van der Waals surface area contributed by atoms with E-state index in [1.165, 1.54) is 122 Å². The quantitative estimate of drug-likeness (QED) is 0.0272. The summed E-state index contributed by atoms with van der Waals surface area (Å²) in [4.78, 5) is 25.6. The molecule has 3 atom stereocenters. The van der Waals surface area contributed by atoms with Gasteiger partial charge in [0.15, 0.2) is 0 Å². The van der Waals surface area contributed by atoms with Crippen molar-refractivity contribution >= 4 is 13.7 Å². The maximum absolute atomic E-state index is 13.0. The second-order valence-corrected chi connectivity index (χ2v) is 24.8. The molecule has 0 aromatic carbocycles. The minimum atomic E-state index is -4.63. The Bertz CT molecular complexity index is 1860. The van der Waals surface area contributed by atoms with Gasteiger partial charge in [-0.2, -0.15) is 0 Å². The van der Waals surface area contributed by atoms with E-state index in [2.05, 4.69) is 153 Å². The number of carbonyl (C=O) groups is 1. The molecule has 8 nitrogen and oxygen atoms in total. The van der Waals surface area contributed by atoms with Crippen LogP contribution >= 0.6 is 7.82 Å². The molecule has 9 heteroatoms. The number of rotatable bonds is 60. The van der Waals surface area contributed by atoms with Crippen LogP contribution < -0.4 is 10.2 Å². The SMILES string of the molecule is CC/C=C\C/C=C\C/C=C\C/C=C\C/C=C\C/C=C\C/C=C\C/C=C\C/C=C\CCCCCCCC(=O)NC(COP(=O)([O-])OCC[N+](C)(C)C)C(O)/C=C/CC/C=C/CC/C=C/CCCCCCCCCCCCCCCCCCCC. The summed E-state index contributed by atoms with van der Waals surface area (Å²) in [5, 5.41) is 13.9. The van der Waals surface area contributed by atoms with Gasteiger partial charge in [0, 0.05) is 6.42 Å². The minimum Gasteiger partial charge on any atom is -0.756 e. The summed E-state index contributed by atoms with van der Waals surface area (Å²) in [5.74, 6) is -0.235. The Kier molecular flexibility index (Phi) is 60.2. The van der Waals surface area contributed by atoms with Crippen LogP contribution in [0.4, 0.5) is 0 Å². The molecule has 2 N–H and O–H groups in total. The molecule has 3 unspecified atom stereocenters. The van der Waals surface area contributed by atoms with Gasteiger partial charge in [-0.15, -0.1) is 0 Å². The molecule has 0 saturated carbocycles. The normalized spacial score (nSPS) is 14.6. The van der Waals surface area contributed by atoms with Crippen LogP contribution in [0.3, 0.4) is 0 Å². The van der Waals surface area contributed by atoms with Gasteiger partial charge in [-0.3, -0.25) is 9.36 Å². The number of aliphatic hydroxyl groups excluding tert-OH is 1. The molecule has 0 bridgehead atoms. The number of phosphoric ester groups is 1. The zero-order valence-electron chi connectivity index (χ0n) is 54.1. The third kappa shape index (κ3) is 65.8. The molecule has 0 fully saturated rings. The van der Waals surface area contributed by atoms with Crippen LogP contribution in [0.1, 0.15) is 264 Å². The average Bonchev–Trinajstić information content (AvgIpc) is 3.49. The third-order valence-corrected chi connectivity index (χ3v) is 15.2. The summed E-state index contributed by atoms with van der Waals surface area (Å²) in [6.07, 6.45) is 96.7. The van der Waals surface area contributed by atoms with Gasteiger partial charge in [0.05, 0.1) is 39.9 Å². The third-order valence-electron chi connectivity index (χ3n) is 14.3. The highest BCUT2D eigenvalue weighted by molar-refractivity contribution is 7.45. The van der Waals surface area contributed by atoms with E-state index in [9.17, 15) is 19.4 Å². The highest BCUT2D eigenvalue weighted by Gasteiger charge is 2.23. The van der Waals surface area contributed by atoms with Crippen LogP contribution in [0.15, 0.2) is 146 Å². The van der Waals surface area contributed by atoms with Crippen molar-refractivity contribution in [1.29, 1.82) is 0 Å². The van der Waals surface area contributed by atoms with Gasteiger partial charge >= 0.3 is 0 Å². The maximum Gasteiger partial charge on any atom is 0.268 e. The maximum atomic E-state index is 13.0. The molecular weight excluding hydrogens is 1040 g/mol. The predicted octanol–water partition coefficient (Wildman–Crippen LogP) is 21.0. The van der Waals surface area contributed by atoms with Gasteiger partial charge in [0.25, 0.3) is 7.82 Å². The first-order valence-electron chi connectivity index (χ1n) is 33.7. The van der Waals surface area contributed by atoms with Crippen molar-refractivity contribution in [3.8, 4) is 0 Å². The lowest BCUT2D eigenvalue weighted by molar-refractivity contribution is -0.870. The summed E-state index contributed by atoms with van der Waals surface area (Å²) in [6, 6.07) is -0.934. The van der Waals surface area contributed by atoms with Crippen LogP contribution in [0.2, 0.25) is 0 Å². The zero-order chi connectivity index (χ0) is 60.5. The lowest BCUT2D eigenvalue weighted by Gasteiger charge is -2.29. The van der Waals surface area contributed by atoms with E-state index < -0.39 is 26.6 Å². The van der Waals surface area contributed by atoms with Gasteiger partial charge < -0.3 is 28.8 Å². The molecule has 0 rings (SSSR count). The summed E-state index contributed by atoms with van der Waals surface area (Å²) < 4.78 is 23.4. The number of unbranched alkanes of at least 4 members (excludes halogenated alkanes) is 25. The molecule has 0 saturated heterocycles. The van der Waals surface area contributed by atoms with E-state index in [1.807, 2.05) is 27.2 Å². The number of amides is 1. The standard InChI is InChI=1S/C74H127N2O6P/c1-6-8-10-12-14-16-18-20-22-24-26-28-30-32-34-36-37-38-39-40-42-44-46-48-50-52-54-56-58-60-62-64-66-68-74(78)75-72(71-82-83(79,80)81-70-69-76(3,4)5)73(77)67-65-63-61-59-57-55-53-51-49-47-45-43-41-35-33-31-29-27-25-23-21-19-17-15-13-11-9-7-2/h8,10,14,16,20,22,26,28,32,34,37-38,40,42,46,48-49,51-52,54,57,59,65,67,72-73,77H,6-7,9,11-13,15,17-19,21,23-25,27,29-31,33,35-36,39,41,43-45,47,50,53,55-56,58,60-64,66,68-71H2,1-5H3,(H-,75,78,79,80)/b10-8-,16-14-,22-20-,28-26-,34-32-,38-37-,42-40-,48-46-,51-49+,54-52-,59-57+,67-65+. The molecule has 83 heavy (non-hydrogen) atoms. The highest BCUT2D eigenvalue weighted by Crippen LogP contribution is 2.38. The topological polar surface area (TPSA) is 108 Å². The number of likely N-dealkylation sites (N-methyl/N-ethyl adjacent to an activating group) is 1. The Labute approximate surface area is 512 Å². The number of phosphoric acid groups is 1. The first kappa shape index (κ1) is 79.4. The van der Waals surface area contributed by atoms with E-state index in [-0.39, 0.29) is 12.5 Å². The van der Waals surface area contributed by atoms with Crippen LogP contribution in [0, 0.1) is 0 Å². The second-order valence-electron chi connectivity index (χ2n) is 23.4. The molecule has 1 amide bonds. The van der Waals surface area contributed by atoms with Crippen molar-refractivity contribution in [1.82, 2.24) is 5.32 Å². The Morgan fingerprint density at radius 1 is 0.434 bits per heavy atom. The number of hydrogen-bond donors (Lipinski definition) is 2. The van der Waals surface area contributed by atoms with E-state index in [0.717, 1.165) is 122 Å². The van der Waals surface area contributed by atoms with Crippen molar-refractivity contribution in [2.45, 2.75) is 276 Å². The van der Waals surface area contributed by atoms with Crippen LogP contribution in [-0.2, 0) is 18.4 Å². The molecule has 0 aliphatic carbocycles. The Morgan fingerprint density at radius 2 is 0.747 bits per heavy atom. The smallest absolute Gasteiger partial charge is 0.268 e. The van der Waals surface area contributed by atoms with Gasteiger partial charge in [0.1, 0.15) is 13.2 Å². The fourth-order valence-corrected chi connectivity index (χ4v) is 9.78. The van der Waals surface area contributed by atoms with Crippen molar-refractivity contribution in [3.63, 3.8) is 0 Å². The predicted molar refractivity (Wildman–Crippen MR) is 361 cm³/mol. The first-order valence-corrected chi connectivity index (χ1v) is 35.2. The lowest BCUT2D eigenvalue weighted by atomic mass is 10.0. The Balaban J connectivity index is 4.29. The van der Waals surface area contributed by atoms with Crippen molar-refractivity contribution in [2.75, 3.05) is 40.9 Å². The highest BCUT2D eigenvalue weighted by atomic mass is 31.2. The van der Waals surface area contributed by atoms with E-state index in [4.69, 9.17) is 9.05 Å².